The molecular formula is C17H12Br4N2O3. The summed E-state index contributed by atoms with van der Waals surface area (Å²) < 4.78 is 2.68. The van der Waals surface area contributed by atoms with Gasteiger partial charge in [-0.15, -0.1) is 0 Å². The van der Waals surface area contributed by atoms with Crippen LogP contribution in [0, 0.1) is 0 Å². The quantitative estimate of drug-likeness (QED) is 0.319. The van der Waals surface area contributed by atoms with E-state index in [1.807, 2.05) is 12.1 Å². The molecule has 0 saturated carbocycles. The van der Waals surface area contributed by atoms with Crippen molar-refractivity contribution in [3.05, 3.63) is 59.5 Å². The topological polar surface area (TPSA) is 85.3 Å². The maximum atomic E-state index is 12.4. The number of phenolic OH excluding ortho intramolecular Hbond substituents is 1. The number of carbonyl (C=O) groups is 1. The van der Waals surface area contributed by atoms with Gasteiger partial charge in [0.05, 0.1) is 15.0 Å². The molecule has 3 rings (SSSR count). The van der Waals surface area contributed by atoms with E-state index in [1.165, 1.54) is 0 Å². The second kappa shape index (κ2) is 8.02. The number of aliphatic hydroxyl groups is 1. The molecule has 1 heterocycles. The first-order valence-corrected chi connectivity index (χ1v) is 10.6. The first-order chi connectivity index (χ1) is 12.3. The third-order valence-corrected chi connectivity index (χ3v) is 7.07. The van der Waals surface area contributed by atoms with Gasteiger partial charge in [0.1, 0.15) is 11.4 Å². The minimum Gasteiger partial charge on any atom is -0.506 e. The number of rotatable bonds is 4. The minimum absolute atomic E-state index is 0.0305. The van der Waals surface area contributed by atoms with Crippen LogP contribution < -0.4 is 5.32 Å². The van der Waals surface area contributed by atoms with Crippen LogP contribution in [0.2, 0.25) is 0 Å². The summed E-state index contributed by atoms with van der Waals surface area (Å²) in [5.41, 5.74) is 1.79. The van der Waals surface area contributed by atoms with Gasteiger partial charge in [-0.1, -0.05) is 0 Å². The van der Waals surface area contributed by atoms with E-state index in [9.17, 15) is 15.0 Å². The van der Waals surface area contributed by atoms with Crippen molar-refractivity contribution in [2.75, 3.05) is 6.54 Å². The Bertz CT molecular complexity index is 980. The molecule has 0 aliphatic heterocycles. The number of aromatic nitrogens is 1. The van der Waals surface area contributed by atoms with E-state index in [0.717, 1.165) is 19.8 Å². The van der Waals surface area contributed by atoms with E-state index in [-0.39, 0.29) is 18.2 Å². The SMILES string of the molecule is O=C(NC[C@@H](O)c1cc(Br)c(O)c(Br)c1)c1cc2c(Br)c(Br)ccc2[nH]1. The molecule has 0 spiro atoms. The zero-order valence-corrected chi connectivity index (χ0v) is 19.3. The van der Waals surface area contributed by atoms with Gasteiger partial charge in [0, 0.05) is 26.4 Å². The molecule has 9 heteroatoms. The van der Waals surface area contributed by atoms with E-state index in [1.54, 1.807) is 18.2 Å². The number of hydrogen-bond acceptors (Lipinski definition) is 3. The van der Waals surface area contributed by atoms with Gasteiger partial charge in [-0.05, 0) is 99.6 Å². The van der Waals surface area contributed by atoms with E-state index in [4.69, 9.17) is 0 Å². The molecule has 136 valence electrons. The van der Waals surface area contributed by atoms with Crippen LogP contribution in [0.3, 0.4) is 0 Å². The van der Waals surface area contributed by atoms with Crippen LogP contribution >= 0.6 is 63.7 Å². The average Bonchev–Trinajstić information content (AvgIpc) is 3.05. The minimum atomic E-state index is -0.919. The lowest BCUT2D eigenvalue weighted by Crippen LogP contribution is -2.28. The van der Waals surface area contributed by atoms with E-state index >= 15 is 0 Å². The molecule has 0 bridgehead atoms. The van der Waals surface area contributed by atoms with Crippen LogP contribution in [0.25, 0.3) is 10.9 Å². The third-order valence-electron chi connectivity index (χ3n) is 3.82. The van der Waals surface area contributed by atoms with Crippen molar-refractivity contribution in [3.8, 4) is 5.75 Å². The van der Waals surface area contributed by atoms with Crippen LogP contribution in [0.15, 0.2) is 48.2 Å². The Balaban J connectivity index is 1.73. The number of aliphatic hydroxyl groups excluding tert-OH is 1. The smallest absolute Gasteiger partial charge is 0.267 e. The lowest BCUT2D eigenvalue weighted by Gasteiger charge is -2.13. The van der Waals surface area contributed by atoms with Crippen molar-refractivity contribution in [1.82, 2.24) is 10.3 Å². The molecule has 0 fully saturated rings. The standard InChI is InChI=1S/C17H12Br4N2O3/c18-9-1-2-12-8(15(9)21)5-13(23-12)17(26)22-6-14(24)7-3-10(19)16(25)11(20)4-7/h1-5,14,23-25H,6H2,(H,22,26)/t14-/m1/s1. The van der Waals surface area contributed by atoms with Gasteiger partial charge in [-0.3, -0.25) is 4.79 Å². The van der Waals surface area contributed by atoms with Gasteiger partial charge < -0.3 is 20.5 Å². The number of amides is 1. The van der Waals surface area contributed by atoms with Crippen LogP contribution in [0.5, 0.6) is 5.75 Å². The van der Waals surface area contributed by atoms with Crippen molar-refractivity contribution < 1.29 is 15.0 Å². The van der Waals surface area contributed by atoms with Gasteiger partial charge in [0.25, 0.3) is 5.91 Å². The number of halogens is 4. The van der Waals surface area contributed by atoms with Crippen molar-refractivity contribution in [2.24, 2.45) is 0 Å². The van der Waals surface area contributed by atoms with Crippen LogP contribution in [0.1, 0.15) is 22.2 Å². The maximum Gasteiger partial charge on any atom is 0.267 e. The first-order valence-electron chi connectivity index (χ1n) is 7.39. The molecule has 4 N–H and O–H groups in total. The lowest BCUT2D eigenvalue weighted by molar-refractivity contribution is 0.0912. The second-order valence-corrected chi connectivity index (χ2v) is 8.92. The Morgan fingerprint density at radius 3 is 2.38 bits per heavy atom. The largest absolute Gasteiger partial charge is 0.506 e. The summed E-state index contributed by atoms with van der Waals surface area (Å²) in [4.78, 5) is 15.5. The predicted molar refractivity (Wildman–Crippen MR) is 114 cm³/mol. The Kier molecular flexibility index (Phi) is 6.13. The highest BCUT2D eigenvalue weighted by Crippen LogP contribution is 2.35. The summed E-state index contributed by atoms with van der Waals surface area (Å²) in [6.45, 7) is 0.0305. The van der Waals surface area contributed by atoms with Crippen LogP contribution in [0.4, 0.5) is 0 Å². The van der Waals surface area contributed by atoms with Crippen LogP contribution in [-0.2, 0) is 0 Å². The Morgan fingerprint density at radius 1 is 1.08 bits per heavy atom. The van der Waals surface area contributed by atoms with Gasteiger partial charge in [0.2, 0.25) is 0 Å². The zero-order valence-electron chi connectivity index (χ0n) is 13.0. The summed E-state index contributed by atoms with van der Waals surface area (Å²) >= 11 is 13.4. The Morgan fingerprint density at radius 2 is 1.73 bits per heavy atom. The first kappa shape index (κ1) is 19.9. The average molecular weight is 612 g/mol. The highest BCUT2D eigenvalue weighted by Gasteiger charge is 2.16. The lowest BCUT2D eigenvalue weighted by atomic mass is 10.1. The Hall–Kier alpha value is -0.870. The molecule has 0 unspecified atom stereocenters. The molecular weight excluding hydrogens is 600 g/mol. The third kappa shape index (κ3) is 4.01. The molecule has 5 nitrogen and oxygen atoms in total. The molecule has 0 radical (unpaired) electrons. The number of H-pyrrole nitrogens is 1. The van der Waals surface area contributed by atoms with Crippen molar-refractivity contribution in [2.45, 2.75) is 6.10 Å². The van der Waals surface area contributed by atoms with Gasteiger partial charge >= 0.3 is 0 Å². The number of nitrogens with one attached hydrogen (secondary N) is 2. The zero-order chi connectivity index (χ0) is 19.0. The molecule has 0 aliphatic rings. The van der Waals surface area contributed by atoms with Crippen molar-refractivity contribution in [3.63, 3.8) is 0 Å². The highest BCUT2D eigenvalue weighted by atomic mass is 79.9. The fraction of sp³-hybridized carbons (Fsp3) is 0.118. The number of aromatic hydroxyl groups is 1. The molecule has 1 aromatic heterocycles. The molecule has 1 amide bonds. The van der Waals surface area contributed by atoms with E-state index in [0.29, 0.717) is 20.2 Å². The number of fused-ring (bicyclic) bond motifs is 1. The van der Waals surface area contributed by atoms with Crippen molar-refractivity contribution in [1.29, 1.82) is 0 Å². The van der Waals surface area contributed by atoms with Crippen LogP contribution in [-0.4, -0.2) is 27.6 Å². The number of carbonyl (C=O) groups excluding carboxylic acids is 1. The van der Waals surface area contributed by atoms with E-state index < -0.39 is 6.10 Å². The van der Waals surface area contributed by atoms with Gasteiger partial charge in [-0.25, -0.2) is 0 Å². The molecule has 3 aromatic rings. The fourth-order valence-corrected chi connectivity index (χ4v) is 4.47. The predicted octanol–water partition coefficient (Wildman–Crippen LogP) is 5.39. The molecule has 0 aliphatic carbocycles. The molecule has 26 heavy (non-hydrogen) atoms. The normalized spacial score (nSPS) is 12.3. The summed E-state index contributed by atoms with van der Waals surface area (Å²) in [6, 6.07) is 8.72. The number of benzene rings is 2. The van der Waals surface area contributed by atoms with Gasteiger partial charge in [-0.2, -0.15) is 0 Å². The fourth-order valence-electron chi connectivity index (χ4n) is 2.44. The highest BCUT2D eigenvalue weighted by molar-refractivity contribution is 9.13. The summed E-state index contributed by atoms with van der Waals surface area (Å²) in [6.07, 6.45) is -0.919. The van der Waals surface area contributed by atoms with Gasteiger partial charge in [0.15, 0.2) is 0 Å². The summed E-state index contributed by atoms with van der Waals surface area (Å²) in [7, 11) is 0. The number of hydrogen-bond donors (Lipinski definition) is 4. The number of phenols is 1. The second-order valence-electron chi connectivity index (χ2n) is 5.56. The number of aromatic amines is 1. The molecule has 0 saturated heterocycles. The summed E-state index contributed by atoms with van der Waals surface area (Å²) in [5.74, 6) is -0.264. The van der Waals surface area contributed by atoms with E-state index in [2.05, 4.69) is 74.0 Å². The Labute approximate surface area is 182 Å². The molecule has 2 aromatic carbocycles. The maximum absolute atomic E-state index is 12.4. The summed E-state index contributed by atoms with van der Waals surface area (Å²) in [5, 5.41) is 23.6. The monoisotopic (exact) mass is 608 g/mol. The van der Waals surface area contributed by atoms with Crippen molar-refractivity contribution >= 4 is 80.5 Å². The molecule has 1 atom stereocenters.